The van der Waals surface area contributed by atoms with Crippen molar-refractivity contribution in [1.82, 2.24) is 4.90 Å². The fraction of sp³-hybridized carbons (Fsp3) is 0.102. The normalized spacial score (nSPS) is 24.3. The first-order valence-corrected chi connectivity index (χ1v) is 21.9. The van der Waals surface area contributed by atoms with E-state index in [-0.39, 0.29) is 29.6 Å². The number of hydrogen-bond acceptors (Lipinski definition) is 3. The molecule has 8 aromatic rings. The molecule has 8 aromatic carbocycles. The second kappa shape index (κ2) is 13.9. The van der Waals surface area contributed by atoms with Crippen molar-refractivity contribution in [2.75, 3.05) is 0 Å². The topological polar surface area (TPSA) is 24.6 Å². The zero-order valence-electron chi connectivity index (χ0n) is 34.1. The lowest BCUT2D eigenvalue weighted by atomic mass is 9.61. The van der Waals surface area contributed by atoms with Crippen LogP contribution in [0.4, 0.5) is 0 Å². The lowest BCUT2D eigenvalue weighted by Gasteiger charge is -2.43. The Morgan fingerprint density at radius 1 is 0.435 bits per heavy atom. The maximum atomic E-state index is 6.74. The zero-order valence-corrected chi connectivity index (χ0v) is 34.1. The van der Waals surface area contributed by atoms with Gasteiger partial charge in [-0.05, 0) is 79.4 Å². The van der Waals surface area contributed by atoms with Gasteiger partial charge in [-0.1, -0.05) is 206 Å². The van der Waals surface area contributed by atoms with Crippen LogP contribution in [-0.2, 0) is 5.41 Å². The van der Waals surface area contributed by atoms with Gasteiger partial charge in [-0.15, -0.1) is 0 Å². The van der Waals surface area contributed by atoms with Crippen molar-refractivity contribution < 1.29 is 4.74 Å². The number of hydrogen-bond donors (Lipinski definition) is 0. The highest BCUT2D eigenvalue weighted by Crippen LogP contribution is 2.65. The van der Waals surface area contributed by atoms with Crippen molar-refractivity contribution in [3.8, 4) is 44.9 Å². The molecule has 1 spiro atoms. The predicted octanol–water partition coefficient (Wildman–Crippen LogP) is 13.9. The molecule has 3 nitrogen and oxygen atoms in total. The third-order valence-electron chi connectivity index (χ3n) is 14.2. The van der Waals surface area contributed by atoms with Crippen molar-refractivity contribution in [3.63, 3.8) is 0 Å². The SMILES string of the molecule is C1=CC2c3ccccc3C3(c4ccccc4Oc4ccc(-c5ccc(C6N=C(c7ccccc7)C7C(c8ccc(-c9ccccc9-c9ccccc9)cc8)N67)cc5)cc43)C2C=C1. The van der Waals surface area contributed by atoms with Crippen LogP contribution in [0.2, 0.25) is 0 Å². The molecule has 3 heteroatoms. The number of rotatable bonds is 6. The molecule has 0 saturated carbocycles. The molecule has 3 heterocycles. The Labute approximate surface area is 362 Å². The van der Waals surface area contributed by atoms with E-state index in [0.29, 0.717) is 5.92 Å². The van der Waals surface area contributed by atoms with Crippen LogP contribution in [0.1, 0.15) is 57.1 Å². The Balaban J connectivity index is 0.849. The number of benzene rings is 8. The van der Waals surface area contributed by atoms with Crippen LogP contribution in [0.3, 0.4) is 0 Å². The van der Waals surface area contributed by atoms with Gasteiger partial charge in [0, 0.05) is 23.0 Å². The van der Waals surface area contributed by atoms with Gasteiger partial charge in [0.15, 0.2) is 0 Å². The van der Waals surface area contributed by atoms with Crippen LogP contribution < -0.4 is 4.74 Å². The van der Waals surface area contributed by atoms with E-state index in [4.69, 9.17) is 9.73 Å². The van der Waals surface area contributed by atoms with Crippen LogP contribution in [0, 0.1) is 5.92 Å². The number of nitrogens with zero attached hydrogens (tertiary/aromatic N) is 2. The maximum absolute atomic E-state index is 6.74. The molecule has 0 aromatic heterocycles. The molecule has 0 N–H and O–H groups in total. The Hall–Kier alpha value is -7.33. The number of allylic oxidation sites excluding steroid dienone is 4. The van der Waals surface area contributed by atoms with Gasteiger partial charge >= 0.3 is 0 Å². The Morgan fingerprint density at radius 3 is 1.79 bits per heavy atom. The molecular formula is C59H42N2O. The molecule has 0 bridgehead atoms. The van der Waals surface area contributed by atoms with Gasteiger partial charge in [0.1, 0.15) is 17.7 Å². The third kappa shape index (κ3) is 5.25. The van der Waals surface area contributed by atoms with Crippen LogP contribution >= 0.6 is 0 Å². The molecular weight excluding hydrogens is 753 g/mol. The smallest absolute Gasteiger partial charge is 0.131 e. The lowest BCUT2D eigenvalue weighted by molar-refractivity contribution is 0.374. The summed E-state index contributed by atoms with van der Waals surface area (Å²) in [7, 11) is 0. The highest BCUT2D eigenvalue weighted by Gasteiger charge is 2.60. The summed E-state index contributed by atoms with van der Waals surface area (Å²) in [5.74, 6) is 2.41. The molecule has 7 unspecified atom stereocenters. The van der Waals surface area contributed by atoms with E-state index in [1.807, 2.05) is 0 Å². The molecule has 0 amide bonds. The molecule has 1 saturated heterocycles. The summed E-state index contributed by atoms with van der Waals surface area (Å²) in [6.07, 6.45) is 9.19. The summed E-state index contributed by atoms with van der Waals surface area (Å²) in [5.41, 5.74) is 17.1. The van der Waals surface area contributed by atoms with Crippen LogP contribution in [0.5, 0.6) is 11.5 Å². The summed E-state index contributed by atoms with van der Waals surface area (Å²) in [4.78, 5) is 8.03. The van der Waals surface area contributed by atoms with E-state index >= 15 is 0 Å². The quantitative estimate of drug-likeness (QED) is 0.157. The second-order valence-electron chi connectivity index (χ2n) is 17.3. The first-order valence-electron chi connectivity index (χ1n) is 21.9. The summed E-state index contributed by atoms with van der Waals surface area (Å²) in [5, 5.41) is 0. The molecule has 13 rings (SSSR count). The Morgan fingerprint density at radius 2 is 1.02 bits per heavy atom. The molecule has 3 aliphatic heterocycles. The summed E-state index contributed by atoms with van der Waals surface area (Å²) in [6, 6.07) is 73.6. The molecule has 7 atom stereocenters. The van der Waals surface area contributed by atoms with Crippen molar-refractivity contribution in [2.24, 2.45) is 10.9 Å². The molecule has 62 heavy (non-hydrogen) atoms. The minimum atomic E-state index is -0.373. The molecule has 2 aliphatic carbocycles. The monoisotopic (exact) mass is 794 g/mol. The van der Waals surface area contributed by atoms with Gasteiger partial charge in [-0.25, -0.2) is 0 Å². The van der Waals surface area contributed by atoms with E-state index in [9.17, 15) is 0 Å². The van der Waals surface area contributed by atoms with Crippen molar-refractivity contribution >= 4 is 5.71 Å². The van der Waals surface area contributed by atoms with Gasteiger partial charge in [0.05, 0.1) is 23.2 Å². The van der Waals surface area contributed by atoms with E-state index in [2.05, 4.69) is 229 Å². The predicted molar refractivity (Wildman–Crippen MR) is 251 cm³/mol. The minimum Gasteiger partial charge on any atom is -0.457 e. The second-order valence-corrected chi connectivity index (χ2v) is 17.3. The molecule has 5 aliphatic rings. The van der Waals surface area contributed by atoms with Crippen molar-refractivity contribution in [3.05, 3.63) is 263 Å². The van der Waals surface area contributed by atoms with Gasteiger partial charge in [0.2, 0.25) is 0 Å². The fourth-order valence-electron chi connectivity index (χ4n) is 11.4. The number of para-hydroxylation sites is 1. The Kier molecular flexibility index (Phi) is 7.92. The van der Waals surface area contributed by atoms with E-state index in [1.54, 1.807) is 0 Å². The van der Waals surface area contributed by atoms with Gasteiger partial charge in [-0.3, -0.25) is 9.89 Å². The first-order chi connectivity index (χ1) is 30.8. The number of ether oxygens (including phenoxy) is 1. The lowest BCUT2D eigenvalue weighted by Crippen LogP contribution is -2.37. The first kappa shape index (κ1) is 35.4. The molecule has 294 valence electrons. The zero-order chi connectivity index (χ0) is 40.8. The molecule has 1 fully saturated rings. The minimum absolute atomic E-state index is 0.0671. The molecule has 0 radical (unpaired) electrons. The van der Waals surface area contributed by atoms with E-state index < -0.39 is 0 Å². The summed E-state index contributed by atoms with van der Waals surface area (Å²) in [6.45, 7) is 0. The largest absolute Gasteiger partial charge is 0.457 e. The average Bonchev–Trinajstić information content (AvgIpc) is 3.84. The van der Waals surface area contributed by atoms with Crippen LogP contribution in [0.25, 0.3) is 33.4 Å². The van der Waals surface area contributed by atoms with Crippen molar-refractivity contribution in [1.29, 1.82) is 0 Å². The maximum Gasteiger partial charge on any atom is 0.131 e. The van der Waals surface area contributed by atoms with Gasteiger partial charge in [-0.2, -0.15) is 0 Å². The van der Waals surface area contributed by atoms with Gasteiger partial charge in [0.25, 0.3) is 0 Å². The van der Waals surface area contributed by atoms with Crippen LogP contribution in [-0.4, -0.2) is 16.7 Å². The van der Waals surface area contributed by atoms with Crippen molar-refractivity contribution in [2.45, 2.75) is 29.6 Å². The Bertz CT molecular complexity index is 3130. The number of fused-ring (bicyclic) bond motifs is 10. The van der Waals surface area contributed by atoms with E-state index in [1.165, 1.54) is 78.0 Å². The third-order valence-corrected chi connectivity index (χ3v) is 14.2. The number of aliphatic imine (C=N–C) groups is 1. The van der Waals surface area contributed by atoms with Crippen LogP contribution in [0.15, 0.2) is 229 Å². The standard InChI is InChI=1S/C59H42N2O/c1-3-15-39(16-4-1)45-19-7-8-20-46(45)40-29-31-42(32-30-40)56-57-55(41-17-5-2-6-18-41)60-58(61(56)57)43-33-27-38(28-34-43)44-35-36-54-52(37-44)59(51-25-13-14-26-53(51)62-54)49-23-11-9-21-47(49)48-22-10-12-24-50(48)59/h1-37,47,49,56-58H. The summed E-state index contributed by atoms with van der Waals surface area (Å²) >= 11 is 0. The van der Waals surface area contributed by atoms with Gasteiger partial charge < -0.3 is 4.74 Å². The highest BCUT2D eigenvalue weighted by molar-refractivity contribution is 6.08. The highest BCUT2D eigenvalue weighted by atomic mass is 16.5. The average molecular weight is 795 g/mol. The summed E-state index contributed by atoms with van der Waals surface area (Å²) < 4.78 is 6.74. The fourth-order valence-corrected chi connectivity index (χ4v) is 11.4. The van der Waals surface area contributed by atoms with E-state index in [0.717, 1.165) is 11.5 Å².